The predicted octanol–water partition coefficient (Wildman–Crippen LogP) is 6.51. The number of carbonyl (C=O) groups excluding carboxylic acids is 2. The molecule has 0 radical (unpaired) electrons. The van der Waals surface area contributed by atoms with E-state index < -0.39 is 21.6 Å². The zero-order chi connectivity index (χ0) is 31.1. The molecule has 0 aliphatic carbocycles. The summed E-state index contributed by atoms with van der Waals surface area (Å²) in [5.41, 5.74) is 2.54. The van der Waals surface area contributed by atoms with E-state index in [0.717, 1.165) is 27.4 Å². The number of carbonyl (C=O) groups is 2. The van der Waals surface area contributed by atoms with E-state index >= 15 is 0 Å². The highest BCUT2D eigenvalue weighted by molar-refractivity contribution is 9.10. The monoisotopic (exact) mass is 675 g/mol. The highest BCUT2D eigenvalue weighted by Gasteiger charge is 2.32. The molecule has 2 amide bonds. The fourth-order valence-corrected chi connectivity index (χ4v) is 6.30. The summed E-state index contributed by atoms with van der Waals surface area (Å²) >= 11 is 9.68. The van der Waals surface area contributed by atoms with E-state index in [1.54, 1.807) is 23.1 Å². The second kappa shape index (κ2) is 14.5. The number of hydrogen-bond acceptors (Lipinski definition) is 4. The zero-order valence-corrected chi connectivity index (χ0v) is 27.9. The zero-order valence-electron chi connectivity index (χ0n) is 24.7. The van der Waals surface area contributed by atoms with Crippen LogP contribution in [0.1, 0.15) is 50.3 Å². The molecule has 7 nitrogen and oxygen atoms in total. The number of anilines is 1. The molecule has 3 rings (SSSR count). The Hall–Kier alpha value is -2.88. The molecule has 0 aliphatic heterocycles. The van der Waals surface area contributed by atoms with Crippen LogP contribution in [-0.2, 0) is 32.6 Å². The number of nitrogens with one attached hydrogen (secondary N) is 1. The average Bonchev–Trinajstić information content (AvgIpc) is 2.89. The van der Waals surface area contributed by atoms with E-state index in [1.165, 1.54) is 4.31 Å². The lowest BCUT2D eigenvalue weighted by atomic mass is 10.00. The molecule has 0 aromatic heterocycles. The van der Waals surface area contributed by atoms with Gasteiger partial charge in [-0.1, -0.05) is 76.1 Å². The quantitative estimate of drug-likeness (QED) is 0.237. The number of hydrogen-bond donors (Lipinski definition) is 1. The van der Waals surface area contributed by atoms with Crippen molar-refractivity contribution in [3.8, 4) is 0 Å². The van der Waals surface area contributed by atoms with Crippen molar-refractivity contribution < 1.29 is 18.0 Å². The molecule has 42 heavy (non-hydrogen) atoms. The van der Waals surface area contributed by atoms with Crippen LogP contribution < -0.4 is 9.62 Å². The van der Waals surface area contributed by atoms with Crippen LogP contribution in [-0.4, -0.2) is 49.5 Å². The number of sulfonamides is 1. The van der Waals surface area contributed by atoms with Crippen LogP contribution in [0.3, 0.4) is 0 Å². The van der Waals surface area contributed by atoms with Crippen molar-refractivity contribution in [3.05, 3.63) is 99.0 Å². The molecule has 0 bridgehead atoms. The van der Waals surface area contributed by atoms with Gasteiger partial charge in [0.2, 0.25) is 21.8 Å². The third kappa shape index (κ3) is 10.1. The Morgan fingerprint density at radius 3 is 2.26 bits per heavy atom. The van der Waals surface area contributed by atoms with Gasteiger partial charge in [-0.05, 0) is 75.1 Å². The summed E-state index contributed by atoms with van der Waals surface area (Å²) in [4.78, 5) is 29.3. The molecule has 0 saturated heterocycles. The van der Waals surface area contributed by atoms with E-state index in [4.69, 9.17) is 11.6 Å². The van der Waals surface area contributed by atoms with Gasteiger partial charge in [0, 0.05) is 41.0 Å². The van der Waals surface area contributed by atoms with E-state index in [-0.39, 0.29) is 37.7 Å². The van der Waals surface area contributed by atoms with Gasteiger partial charge in [-0.2, -0.15) is 0 Å². The lowest BCUT2D eigenvalue weighted by Crippen LogP contribution is -2.54. The fraction of sp³-hybridized carbons (Fsp3) is 0.375. The number of benzene rings is 3. The average molecular weight is 677 g/mol. The minimum Gasteiger partial charge on any atom is -0.350 e. The first-order valence-corrected chi connectivity index (χ1v) is 16.8. The number of rotatable bonds is 12. The summed E-state index contributed by atoms with van der Waals surface area (Å²) in [5.74, 6) is -0.488. The molecule has 1 unspecified atom stereocenters. The van der Waals surface area contributed by atoms with E-state index in [1.807, 2.05) is 82.3 Å². The second-order valence-electron chi connectivity index (χ2n) is 11.5. The molecule has 0 saturated carbocycles. The Morgan fingerprint density at radius 2 is 1.64 bits per heavy atom. The minimum atomic E-state index is -3.64. The Kier molecular flexibility index (Phi) is 11.6. The first-order chi connectivity index (χ1) is 19.6. The maximum absolute atomic E-state index is 14.0. The number of halogens is 2. The first-order valence-electron chi connectivity index (χ1n) is 13.8. The molecule has 226 valence electrons. The van der Waals surface area contributed by atoms with Gasteiger partial charge in [0.1, 0.15) is 6.04 Å². The molecule has 10 heteroatoms. The lowest BCUT2D eigenvalue weighted by Gasteiger charge is -2.34. The standard InChI is InChI=1S/C32H39BrClN3O4S/c1-23-16-17-27(34)21-28(23)37(42(5,40)41)18-10-15-30(38)36(22-25-13-9-14-26(33)19-25)29(31(39)35-32(2,3)4)20-24-11-7-6-8-12-24/h6-9,11-14,16-17,19,21,29H,10,15,18,20,22H2,1-5H3,(H,35,39). The molecule has 0 spiro atoms. The number of nitrogens with zero attached hydrogens (tertiary/aromatic N) is 2. The lowest BCUT2D eigenvalue weighted by molar-refractivity contribution is -0.142. The molecule has 1 atom stereocenters. The van der Waals surface area contributed by atoms with Gasteiger partial charge < -0.3 is 10.2 Å². The van der Waals surface area contributed by atoms with E-state index in [9.17, 15) is 18.0 Å². The molecular weight excluding hydrogens is 638 g/mol. The van der Waals surface area contributed by atoms with Crippen LogP contribution in [0.5, 0.6) is 0 Å². The molecule has 0 fully saturated rings. The first kappa shape index (κ1) is 33.6. The van der Waals surface area contributed by atoms with Crippen molar-refractivity contribution in [1.82, 2.24) is 10.2 Å². The van der Waals surface area contributed by atoms with Crippen LogP contribution in [0.2, 0.25) is 5.02 Å². The van der Waals surface area contributed by atoms with Crippen molar-refractivity contribution in [2.75, 3.05) is 17.1 Å². The van der Waals surface area contributed by atoms with Crippen LogP contribution in [0.4, 0.5) is 5.69 Å². The molecule has 1 N–H and O–H groups in total. The molecule has 3 aromatic carbocycles. The summed E-state index contributed by atoms with van der Waals surface area (Å²) in [5, 5.41) is 3.48. The molecule has 0 heterocycles. The molecule has 3 aromatic rings. The van der Waals surface area contributed by atoms with Gasteiger partial charge in [0.15, 0.2) is 0 Å². The van der Waals surface area contributed by atoms with E-state index in [0.29, 0.717) is 17.1 Å². The van der Waals surface area contributed by atoms with Crippen molar-refractivity contribution >= 4 is 55.1 Å². The topological polar surface area (TPSA) is 86.8 Å². The highest BCUT2D eigenvalue weighted by atomic mass is 79.9. The Morgan fingerprint density at radius 1 is 0.976 bits per heavy atom. The summed E-state index contributed by atoms with van der Waals surface area (Å²) in [6.45, 7) is 7.84. The normalized spacial score (nSPS) is 12.5. The summed E-state index contributed by atoms with van der Waals surface area (Å²) in [6.07, 6.45) is 1.78. The van der Waals surface area contributed by atoms with Crippen molar-refractivity contribution in [2.24, 2.45) is 0 Å². The third-order valence-corrected chi connectivity index (χ3v) is 8.51. The minimum absolute atomic E-state index is 0.0493. The number of amides is 2. The van der Waals surface area contributed by atoms with Crippen LogP contribution in [0.25, 0.3) is 0 Å². The fourth-order valence-electron chi connectivity index (χ4n) is 4.67. The maximum atomic E-state index is 14.0. The third-order valence-electron chi connectivity index (χ3n) is 6.60. The second-order valence-corrected chi connectivity index (χ2v) is 14.7. The smallest absolute Gasteiger partial charge is 0.243 e. The Balaban J connectivity index is 1.92. The highest BCUT2D eigenvalue weighted by Crippen LogP contribution is 2.27. The largest absolute Gasteiger partial charge is 0.350 e. The summed E-state index contributed by atoms with van der Waals surface area (Å²) in [6, 6.07) is 21.6. The molecular formula is C32H39BrClN3O4S. The van der Waals surface area contributed by atoms with Gasteiger partial charge in [-0.3, -0.25) is 13.9 Å². The summed E-state index contributed by atoms with van der Waals surface area (Å²) < 4.78 is 27.6. The van der Waals surface area contributed by atoms with Crippen LogP contribution in [0.15, 0.2) is 77.3 Å². The van der Waals surface area contributed by atoms with Crippen LogP contribution >= 0.6 is 27.5 Å². The van der Waals surface area contributed by atoms with Gasteiger partial charge in [-0.15, -0.1) is 0 Å². The predicted molar refractivity (Wildman–Crippen MR) is 174 cm³/mol. The number of aryl methyl sites for hydroxylation is 1. The SMILES string of the molecule is Cc1ccc(Cl)cc1N(CCCC(=O)N(Cc1cccc(Br)c1)C(Cc1ccccc1)C(=O)NC(C)(C)C)S(C)(=O)=O. The van der Waals surface area contributed by atoms with Gasteiger partial charge in [0.25, 0.3) is 0 Å². The molecule has 0 aliphatic rings. The van der Waals surface area contributed by atoms with Gasteiger partial charge in [0.05, 0.1) is 11.9 Å². The van der Waals surface area contributed by atoms with Crippen LogP contribution in [0, 0.1) is 6.92 Å². The Bertz CT molecular complexity index is 1490. The Labute approximate surface area is 263 Å². The summed E-state index contributed by atoms with van der Waals surface area (Å²) in [7, 11) is -3.64. The van der Waals surface area contributed by atoms with Crippen molar-refractivity contribution in [2.45, 2.75) is 65.1 Å². The van der Waals surface area contributed by atoms with Gasteiger partial charge in [-0.25, -0.2) is 8.42 Å². The maximum Gasteiger partial charge on any atom is 0.243 e. The van der Waals surface area contributed by atoms with Gasteiger partial charge >= 0.3 is 0 Å². The van der Waals surface area contributed by atoms with Crippen molar-refractivity contribution in [1.29, 1.82) is 0 Å². The van der Waals surface area contributed by atoms with Crippen molar-refractivity contribution in [3.63, 3.8) is 0 Å². The van der Waals surface area contributed by atoms with E-state index in [2.05, 4.69) is 21.2 Å².